The van der Waals surface area contributed by atoms with Gasteiger partial charge in [-0.2, -0.15) is 0 Å². The van der Waals surface area contributed by atoms with E-state index in [2.05, 4.69) is 10.3 Å². The Balaban J connectivity index is 2.03. The van der Waals surface area contributed by atoms with Crippen LogP contribution in [0.5, 0.6) is 5.75 Å². The lowest BCUT2D eigenvalue weighted by Gasteiger charge is -2.09. The predicted octanol–water partition coefficient (Wildman–Crippen LogP) is 2.27. The van der Waals surface area contributed by atoms with Crippen molar-refractivity contribution < 1.29 is 9.53 Å². The maximum absolute atomic E-state index is 11.9. The normalized spacial score (nSPS) is 9.83. The summed E-state index contributed by atoms with van der Waals surface area (Å²) in [5.41, 5.74) is 1.55. The highest BCUT2D eigenvalue weighted by atomic mass is 16.5. The fraction of sp³-hybridized carbons (Fsp3) is 0.143. The minimum absolute atomic E-state index is 0.0903. The number of rotatable bonds is 4. The number of methoxy groups -OCH3 is 1. The van der Waals surface area contributed by atoms with Gasteiger partial charge in [-0.1, -0.05) is 18.2 Å². The molecule has 4 nitrogen and oxygen atoms in total. The van der Waals surface area contributed by atoms with Crippen LogP contribution in [0, 0.1) is 0 Å². The second kappa shape index (κ2) is 5.82. The van der Waals surface area contributed by atoms with Crippen LogP contribution in [-0.2, 0) is 11.2 Å². The number of benzene rings is 1. The molecule has 0 aliphatic rings. The van der Waals surface area contributed by atoms with Gasteiger partial charge in [0, 0.05) is 12.4 Å². The zero-order valence-corrected chi connectivity index (χ0v) is 10.1. The van der Waals surface area contributed by atoms with Crippen molar-refractivity contribution in [1.82, 2.24) is 4.98 Å². The maximum atomic E-state index is 11.9. The number of aromatic nitrogens is 1. The highest BCUT2D eigenvalue weighted by Crippen LogP contribution is 2.23. The van der Waals surface area contributed by atoms with Gasteiger partial charge in [0.2, 0.25) is 5.91 Å². The van der Waals surface area contributed by atoms with Gasteiger partial charge in [-0.05, 0) is 23.8 Å². The third kappa shape index (κ3) is 3.07. The van der Waals surface area contributed by atoms with Crippen LogP contribution in [0.15, 0.2) is 48.8 Å². The molecule has 2 aromatic rings. The lowest BCUT2D eigenvalue weighted by Crippen LogP contribution is -2.15. The largest absolute Gasteiger partial charge is 0.495 e. The predicted molar refractivity (Wildman–Crippen MR) is 69.6 cm³/mol. The van der Waals surface area contributed by atoms with Crippen molar-refractivity contribution in [2.45, 2.75) is 6.42 Å². The molecular weight excluding hydrogens is 228 g/mol. The van der Waals surface area contributed by atoms with Crippen molar-refractivity contribution in [3.05, 3.63) is 54.4 Å². The summed E-state index contributed by atoms with van der Waals surface area (Å²) in [6, 6.07) is 11.0. The van der Waals surface area contributed by atoms with Crippen LogP contribution in [0.1, 0.15) is 5.56 Å². The highest BCUT2D eigenvalue weighted by Gasteiger charge is 2.07. The Morgan fingerprint density at radius 1 is 1.28 bits per heavy atom. The summed E-state index contributed by atoms with van der Waals surface area (Å²) in [6.07, 6.45) is 3.66. The smallest absolute Gasteiger partial charge is 0.228 e. The monoisotopic (exact) mass is 242 g/mol. The molecule has 0 fully saturated rings. The van der Waals surface area contributed by atoms with Gasteiger partial charge in [-0.15, -0.1) is 0 Å². The van der Waals surface area contributed by atoms with Crippen molar-refractivity contribution in [3.8, 4) is 5.75 Å². The number of para-hydroxylation sites is 2. The van der Waals surface area contributed by atoms with Crippen LogP contribution in [0.3, 0.4) is 0 Å². The van der Waals surface area contributed by atoms with Gasteiger partial charge in [0.1, 0.15) is 5.75 Å². The highest BCUT2D eigenvalue weighted by molar-refractivity contribution is 5.93. The van der Waals surface area contributed by atoms with E-state index in [1.807, 2.05) is 24.3 Å². The number of nitrogens with zero attached hydrogens (tertiary/aromatic N) is 1. The van der Waals surface area contributed by atoms with Crippen molar-refractivity contribution >= 4 is 11.6 Å². The molecule has 92 valence electrons. The van der Waals surface area contributed by atoms with Crippen molar-refractivity contribution in [2.75, 3.05) is 12.4 Å². The average Bonchev–Trinajstić information content (AvgIpc) is 2.40. The summed E-state index contributed by atoms with van der Waals surface area (Å²) >= 11 is 0. The maximum Gasteiger partial charge on any atom is 0.228 e. The molecule has 4 heteroatoms. The third-order valence-electron chi connectivity index (χ3n) is 2.47. The second-order valence-corrected chi connectivity index (χ2v) is 3.79. The molecule has 1 amide bonds. The molecule has 0 unspecified atom stereocenters. The van der Waals surface area contributed by atoms with Gasteiger partial charge in [0.25, 0.3) is 0 Å². The molecule has 1 heterocycles. The first-order chi connectivity index (χ1) is 8.79. The molecule has 0 spiro atoms. The number of ether oxygens (including phenoxy) is 1. The average molecular weight is 242 g/mol. The molecule has 0 bridgehead atoms. The van der Waals surface area contributed by atoms with E-state index in [4.69, 9.17) is 4.74 Å². The molecule has 0 saturated carbocycles. The van der Waals surface area contributed by atoms with Crippen LogP contribution in [-0.4, -0.2) is 18.0 Å². The standard InChI is InChI=1S/C14H14N2O2/c1-18-13-7-3-2-6-12(13)16-14(17)9-11-5-4-8-15-10-11/h2-8,10H,9H2,1H3,(H,16,17). The molecule has 2 rings (SSSR count). The quantitative estimate of drug-likeness (QED) is 0.894. The zero-order chi connectivity index (χ0) is 12.8. The van der Waals surface area contributed by atoms with E-state index in [-0.39, 0.29) is 5.91 Å². The van der Waals surface area contributed by atoms with E-state index in [0.29, 0.717) is 17.9 Å². The van der Waals surface area contributed by atoms with Crippen LogP contribution in [0.4, 0.5) is 5.69 Å². The van der Waals surface area contributed by atoms with E-state index in [9.17, 15) is 4.79 Å². The Morgan fingerprint density at radius 2 is 2.11 bits per heavy atom. The first-order valence-corrected chi connectivity index (χ1v) is 5.61. The van der Waals surface area contributed by atoms with Crippen molar-refractivity contribution in [2.24, 2.45) is 0 Å². The Morgan fingerprint density at radius 3 is 2.83 bits per heavy atom. The molecule has 0 saturated heterocycles. The van der Waals surface area contributed by atoms with Gasteiger partial charge in [-0.25, -0.2) is 0 Å². The van der Waals surface area contributed by atoms with E-state index >= 15 is 0 Å². The number of pyridine rings is 1. The van der Waals surface area contributed by atoms with E-state index in [1.165, 1.54) is 0 Å². The summed E-state index contributed by atoms with van der Waals surface area (Å²) in [5.74, 6) is 0.560. The van der Waals surface area contributed by atoms with Gasteiger partial charge < -0.3 is 10.1 Å². The summed E-state index contributed by atoms with van der Waals surface area (Å²) in [7, 11) is 1.58. The lowest BCUT2D eigenvalue weighted by molar-refractivity contribution is -0.115. The number of amides is 1. The van der Waals surface area contributed by atoms with E-state index in [1.54, 1.807) is 31.6 Å². The van der Waals surface area contributed by atoms with Crippen molar-refractivity contribution in [3.63, 3.8) is 0 Å². The lowest BCUT2D eigenvalue weighted by atomic mass is 10.2. The van der Waals surface area contributed by atoms with Gasteiger partial charge >= 0.3 is 0 Å². The molecule has 1 aromatic carbocycles. The topological polar surface area (TPSA) is 51.2 Å². The number of nitrogens with one attached hydrogen (secondary N) is 1. The van der Waals surface area contributed by atoms with Crippen LogP contribution in [0.2, 0.25) is 0 Å². The molecule has 0 radical (unpaired) electrons. The molecule has 0 atom stereocenters. The van der Waals surface area contributed by atoms with Crippen LogP contribution < -0.4 is 10.1 Å². The Kier molecular flexibility index (Phi) is 3.91. The van der Waals surface area contributed by atoms with Gasteiger partial charge in [0.05, 0.1) is 19.2 Å². The molecular formula is C14H14N2O2. The van der Waals surface area contributed by atoms with Gasteiger partial charge in [-0.3, -0.25) is 9.78 Å². The number of carbonyl (C=O) groups excluding carboxylic acids is 1. The Labute approximate surface area is 106 Å². The molecule has 1 aromatic heterocycles. The third-order valence-corrected chi connectivity index (χ3v) is 2.47. The minimum atomic E-state index is -0.0903. The first kappa shape index (κ1) is 12.1. The molecule has 18 heavy (non-hydrogen) atoms. The number of hydrogen-bond donors (Lipinski definition) is 1. The SMILES string of the molecule is COc1ccccc1NC(=O)Cc1cccnc1. The second-order valence-electron chi connectivity index (χ2n) is 3.79. The summed E-state index contributed by atoms with van der Waals surface area (Å²) in [6.45, 7) is 0. The van der Waals surface area contributed by atoms with Gasteiger partial charge in [0.15, 0.2) is 0 Å². The Bertz CT molecular complexity index is 526. The van der Waals surface area contributed by atoms with Crippen LogP contribution >= 0.6 is 0 Å². The number of anilines is 1. The molecule has 1 N–H and O–H groups in total. The van der Waals surface area contributed by atoms with Crippen molar-refractivity contribution in [1.29, 1.82) is 0 Å². The minimum Gasteiger partial charge on any atom is -0.495 e. The van der Waals surface area contributed by atoms with E-state index < -0.39 is 0 Å². The zero-order valence-electron chi connectivity index (χ0n) is 10.1. The summed E-state index contributed by atoms with van der Waals surface area (Å²) in [4.78, 5) is 15.8. The molecule has 0 aliphatic carbocycles. The fourth-order valence-electron chi connectivity index (χ4n) is 1.63. The number of hydrogen-bond acceptors (Lipinski definition) is 3. The fourth-order valence-corrected chi connectivity index (χ4v) is 1.63. The summed E-state index contributed by atoms with van der Waals surface area (Å²) in [5, 5.41) is 2.82. The van der Waals surface area contributed by atoms with Crippen LogP contribution in [0.25, 0.3) is 0 Å². The Hall–Kier alpha value is -2.36. The number of carbonyl (C=O) groups is 1. The molecule has 0 aliphatic heterocycles. The summed E-state index contributed by atoms with van der Waals surface area (Å²) < 4.78 is 5.17. The first-order valence-electron chi connectivity index (χ1n) is 5.61. The van der Waals surface area contributed by atoms with E-state index in [0.717, 1.165) is 5.56 Å².